The number of hydrogen-bond donors (Lipinski definition) is 0. The number of aryl methyl sites for hydroxylation is 1. The van der Waals surface area contributed by atoms with Gasteiger partial charge in [-0.25, -0.2) is 9.78 Å². The molecule has 1 aromatic carbocycles. The van der Waals surface area contributed by atoms with E-state index < -0.39 is 11.7 Å². The molecule has 1 aliphatic heterocycles. The Labute approximate surface area is 200 Å². The summed E-state index contributed by atoms with van der Waals surface area (Å²) in [6.45, 7) is 1.31. The van der Waals surface area contributed by atoms with Gasteiger partial charge < -0.3 is 14.2 Å². The summed E-state index contributed by atoms with van der Waals surface area (Å²) < 4.78 is 45.5. The lowest BCUT2D eigenvalue weighted by atomic mass is 9.99. The van der Waals surface area contributed by atoms with Gasteiger partial charge in [0, 0.05) is 56.6 Å². The van der Waals surface area contributed by atoms with Gasteiger partial charge in [0.25, 0.3) is 0 Å². The van der Waals surface area contributed by atoms with Gasteiger partial charge in [0.1, 0.15) is 5.75 Å². The van der Waals surface area contributed by atoms with Gasteiger partial charge in [0.05, 0.1) is 5.56 Å². The molecular weight excluding hydrogens is 465 g/mol. The van der Waals surface area contributed by atoms with Crippen LogP contribution in [0.2, 0.25) is 0 Å². The second kappa shape index (κ2) is 10.5. The molecule has 0 radical (unpaired) electrons. The van der Waals surface area contributed by atoms with Gasteiger partial charge in [-0.05, 0) is 48.6 Å². The highest BCUT2D eigenvalue weighted by molar-refractivity contribution is 7.99. The summed E-state index contributed by atoms with van der Waals surface area (Å²) in [5.74, 6) is 1.94. The van der Waals surface area contributed by atoms with E-state index in [4.69, 9.17) is 4.74 Å². The molecule has 0 unspecified atom stereocenters. The highest BCUT2D eigenvalue weighted by Gasteiger charge is 2.30. The molecule has 3 aromatic rings. The fraction of sp³-hybridized carbons (Fsp3) is 0.375. The number of pyridine rings is 1. The number of nitrogens with zero attached hydrogens (tertiary/aromatic N) is 4. The molecule has 10 heteroatoms. The molecule has 0 N–H and O–H groups in total. The molecule has 180 valence electrons. The van der Waals surface area contributed by atoms with Gasteiger partial charge >= 0.3 is 12.3 Å². The van der Waals surface area contributed by atoms with Crippen LogP contribution >= 0.6 is 11.8 Å². The first kappa shape index (κ1) is 24.1. The lowest BCUT2D eigenvalue weighted by molar-refractivity contribution is -0.137. The summed E-state index contributed by atoms with van der Waals surface area (Å²) >= 11 is 1.74. The molecular formula is C24H25F3N4O2S. The van der Waals surface area contributed by atoms with Crippen molar-refractivity contribution in [3.05, 3.63) is 71.8 Å². The standard InChI is InChI=1S/C24H25F3N4O2S/c1-30-13-10-28-22(30)34-16-18-8-11-31(12-9-18)23(32)33-21-6-2-17(3-7-21)14-20-5-4-19(15-29-20)24(25,26)27/h2-7,10,13,15,18H,8-9,11-12,14,16H2,1H3. The largest absolute Gasteiger partial charge is 0.417 e. The van der Waals surface area contributed by atoms with Crippen molar-refractivity contribution in [2.24, 2.45) is 13.0 Å². The van der Waals surface area contributed by atoms with E-state index in [1.165, 1.54) is 6.07 Å². The molecule has 1 amide bonds. The molecule has 34 heavy (non-hydrogen) atoms. The number of alkyl halides is 3. The number of benzene rings is 1. The SMILES string of the molecule is Cn1ccnc1SCC1CCN(C(=O)Oc2ccc(Cc3ccc(C(F)(F)F)cn3)cc2)CC1. The van der Waals surface area contributed by atoms with Crippen molar-refractivity contribution in [1.82, 2.24) is 19.4 Å². The van der Waals surface area contributed by atoms with Crippen LogP contribution in [-0.2, 0) is 19.6 Å². The zero-order chi connectivity index (χ0) is 24.1. The number of ether oxygens (including phenoxy) is 1. The summed E-state index contributed by atoms with van der Waals surface area (Å²) in [5.41, 5.74) is 0.620. The van der Waals surface area contributed by atoms with Crippen molar-refractivity contribution in [3.63, 3.8) is 0 Å². The number of amides is 1. The molecule has 0 atom stereocenters. The van der Waals surface area contributed by atoms with Crippen LogP contribution in [0.3, 0.4) is 0 Å². The number of imidazole rings is 1. The number of aromatic nitrogens is 3. The lowest BCUT2D eigenvalue weighted by Gasteiger charge is -2.31. The van der Waals surface area contributed by atoms with Crippen molar-refractivity contribution >= 4 is 17.9 Å². The third kappa shape index (κ3) is 6.31. The monoisotopic (exact) mass is 490 g/mol. The van der Waals surface area contributed by atoms with Gasteiger partial charge in [-0.2, -0.15) is 13.2 Å². The zero-order valence-corrected chi connectivity index (χ0v) is 19.5. The average Bonchev–Trinajstić information content (AvgIpc) is 3.23. The number of halogens is 3. The summed E-state index contributed by atoms with van der Waals surface area (Å²) in [4.78, 5) is 22.5. The topological polar surface area (TPSA) is 60.2 Å². The summed E-state index contributed by atoms with van der Waals surface area (Å²) in [6, 6.07) is 9.33. The van der Waals surface area contributed by atoms with Crippen LogP contribution in [0.15, 0.2) is 60.1 Å². The first-order chi connectivity index (χ1) is 16.3. The van der Waals surface area contributed by atoms with E-state index in [0.29, 0.717) is 36.9 Å². The third-order valence-corrected chi connectivity index (χ3v) is 7.05. The lowest BCUT2D eigenvalue weighted by Crippen LogP contribution is -2.40. The Hall–Kier alpha value is -3.01. The maximum atomic E-state index is 12.7. The minimum Gasteiger partial charge on any atom is -0.410 e. The van der Waals surface area contributed by atoms with E-state index >= 15 is 0 Å². The van der Waals surface area contributed by atoms with E-state index in [9.17, 15) is 18.0 Å². The highest BCUT2D eigenvalue weighted by Crippen LogP contribution is 2.29. The molecule has 0 spiro atoms. The van der Waals surface area contributed by atoms with Gasteiger partial charge in [-0.15, -0.1) is 0 Å². The van der Waals surface area contributed by atoms with E-state index in [1.807, 2.05) is 17.8 Å². The number of carbonyl (C=O) groups excluding carboxylic acids is 1. The van der Waals surface area contributed by atoms with Crippen molar-refractivity contribution in [1.29, 1.82) is 0 Å². The van der Waals surface area contributed by atoms with Crippen molar-refractivity contribution in [2.75, 3.05) is 18.8 Å². The number of piperidine rings is 1. The second-order valence-corrected chi connectivity index (χ2v) is 9.27. The number of thioether (sulfide) groups is 1. The van der Waals surface area contributed by atoms with Crippen LogP contribution in [0.25, 0.3) is 0 Å². The van der Waals surface area contributed by atoms with Gasteiger partial charge in [-0.3, -0.25) is 4.98 Å². The molecule has 0 saturated carbocycles. The molecule has 4 rings (SSSR count). The molecule has 0 aliphatic carbocycles. The fourth-order valence-electron chi connectivity index (χ4n) is 3.71. The average molecular weight is 491 g/mol. The number of rotatable bonds is 6. The van der Waals surface area contributed by atoms with E-state index in [2.05, 4.69) is 9.97 Å². The smallest absolute Gasteiger partial charge is 0.410 e. The number of carbonyl (C=O) groups is 1. The van der Waals surface area contributed by atoms with Gasteiger partial charge in [0.15, 0.2) is 5.16 Å². The summed E-state index contributed by atoms with van der Waals surface area (Å²) in [5, 5.41) is 0.999. The molecule has 1 aliphatic rings. The minimum absolute atomic E-state index is 0.368. The highest BCUT2D eigenvalue weighted by atomic mass is 32.2. The second-order valence-electron chi connectivity index (χ2n) is 8.29. The Bertz CT molecular complexity index is 1090. The van der Waals surface area contributed by atoms with E-state index in [-0.39, 0.29) is 6.09 Å². The van der Waals surface area contributed by atoms with E-state index in [1.54, 1.807) is 47.1 Å². The summed E-state index contributed by atoms with van der Waals surface area (Å²) in [6.07, 6.45) is 2.02. The van der Waals surface area contributed by atoms with Crippen molar-refractivity contribution in [2.45, 2.75) is 30.6 Å². The maximum absolute atomic E-state index is 12.7. The fourth-order valence-corrected chi connectivity index (χ4v) is 4.83. The Morgan fingerprint density at radius 3 is 2.44 bits per heavy atom. The maximum Gasteiger partial charge on any atom is 0.417 e. The Kier molecular flexibility index (Phi) is 7.45. The number of likely N-dealkylation sites (tertiary alicyclic amines) is 1. The Morgan fingerprint density at radius 1 is 1.12 bits per heavy atom. The van der Waals surface area contributed by atoms with Crippen molar-refractivity contribution < 1.29 is 22.7 Å². The van der Waals surface area contributed by atoms with Crippen molar-refractivity contribution in [3.8, 4) is 5.75 Å². The number of hydrogen-bond acceptors (Lipinski definition) is 5. The third-order valence-electron chi connectivity index (χ3n) is 5.76. The van der Waals surface area contributed by atoms with Crippen LogP contribution in [0.1, 0.15) is 29.7 Å². The Morgan fingerprint density at radius 2 is 1.85 bits per heavy atom. The van der Waals surface area contributed by atoms with Gasteiger partial charge in [0.2, 0.25) is 0 Å². The summed E-state index contributed by atoms with van der Waals surface area (Å²) in [7, 11) is 1.98. The van der Waals surface area contributed by atoms with Crippen LogP contribution in [0.5, 0.6) is 5.75 Å². The first-order valence-electron chi connectivity index (χ1n) is 11.0. The first-order valence-corrected chi connectivity index (χ1v) is 11.9. The van der Waals surface area contributed by atoms with Crippen LogP contribution in [0.4, 0.5) is 18.0 Å². The van der Waals surface area contributed by atoms with Gasteiger partial charge in [-0.1, -0.05) is 23.9 Å². The predicted octanol–water partition coefficient (Wildman–Crippen LogP) is 5.43. The van der Waals surface area contributed by atoms with Crippen LogP contribution in [-0.4, -0.2) is 44.4 Å². The zero-order valence-electron chi connectivity index (χ0n) is 18.7. The molecule has 1 saturated heterocycles. The minimum atomic E-state index is -4.40. The van der Waals surface area contributed by atoms with E-state index in [0.717, 1.165) is 41.6 Å². The van der Waals surface area contributed by atoms with Crippen LogP contribution < -0.4 is 4.74 Å². The quantitative estimate of drug-likeness (QED) is 0.432. The van der Waals surface area contributed by atoms with Crippen LogP contribution in [0, 0.1) is 5.92 Å². The Balaban J connectivity index is 1.23. The molecule has 0 bridgehead atoms. The predicted molar refractivity (Wildman–Crippen MR) is 123 cm³/mol. The molecule has 1 fully saturated rings. The molecule has 6 nitrogen and oxygen atoms in total. The molecule has 3 heterocycles. The molecule has 2 aromatic heterocycles. The normalized spacial score (nSPS) is 14.9.